The zero-order chi connectivity index (χ0) is 12.4. The van der Waals surface area contributed by atoms with Crippen LogP contribution in [0.3, 0.4) is 0 Å². The summed E-state index contributed by atoms with van der Waals surface area (Å²) >= 11 is 0. The molecule has 0 bridgehead atoms. The third-order valence-electron chi connectivity index (χ3n) is 4.18. The molecule has 0 aromatic heterocycles. The summed E-state index contributed by atoms with van der Waals surface area (Å²) in [5.74, 6) is 0.725. The number of aliphatic hydroxyl groups is 1. The van der Waals surface area contributed by atoms with Gasteiger partial charge < -0.3 is 9.94 Å². The highest BCUT2D eigenvalue weighted by Gasteiger charge is 2.40. The Morgan fingerprint density at radius 2 is 1.81 bits per heavy atom. The normalized spacial score (nSPS) is 33.8. The van der Waals surface area contributed by atoms with Crippen molar-refractivity contribution in [1.82, 2.24) is 5.48 Å². The first-order valence-corrected chi connectivity index (χ1v) is 6.30. The Labute approximate surface area is 99.5 Å². The Morgan fingerprint density at radius 1 is 1.31 bits per heavy atom. The first-order chi connectivity index (χ1) is 7.29. The van der Waals surface area contributed by atoms with Crippen LogP contribution in [0.5, 0.6) is 0 Å². The second kappa shape index (κ2) is 5.03. The van der Waals surface area contributed by atoms with Crippen LogP contribution in [0.15, 0.2) is 0 Å². The summed E-state index contributed by atoms with van der Waals surface area (Å²) in [5, 5.41) is 10.5. The number of hydrogen-bond acceptors (Lipinski definition) is 3. The summed E-state index contributed by atoms with van der Waals surface area (Å²) in [6, 6.07) is -0.00146. The lowest BCUT2D eigenvalue weighted by Gasteiger charge is -2.43. The van der Waals surface area contributed by atoms with Crippen LogP contribution < -0.4 is 5.48 Å². The maximum Gasteiger partial charge on any atom is 0.0820 e. The topological polar surface area (TPSA) is 41.5 Å². The van der Waals surface area contributed by atoms with Crippen LogP contribution in [0, 0.1) is 11.3 Å². The first-order valence-electron chi connectivity index (χ1n) is 6.30. The van der Waals surface area contributed by atoms with E-state index in [1.54, 1.807) is 7.11 Å². The van der Waals surface area contributed by atoms with E-state index < -0.39 is 5.60 Å². The van der Waals surface area contributed by atoms with E-state index in [1.807, 2.05) is 6.92 Å². The molecular formula is C13H27NO2. The fourth-order valence-corrected chi connectivity index (χ4v) is 2.70. The van der Waals surface area contributed by atoms with E-state index in [0.717, 1.165) is 31.6 Å². The van der Waals surface area contributed by atoms with Crippen molar-refractivity contribution in [1.29, 1.82) is 0 Å². The minimum absolute atomic E-state index is 0.00146. The predicted molar refractivity (Wildman–Crippen MR) is 66.0 cm³/mol. The van der Waals surface area contributed by atoms with Crippen molar-refractivity contribution >= 4 is 0 Å². The average molecular weight is 229 g/mol. The Morgan fingerprint density at radius 3 is 2.19 bits per heavy atom. The molecule has 0 aliphatic heterocycles. The van der Waals surface area contributed by atoms with E-state index in [4.69, 9.17) is 4.84 Å². The zero-order valence-electron chi connectivity index (χ0n) is 11.3. The average Bonchev–Trinajstić information content (AvgIpc) is 2.17. The fourth-order valence-electron chi connectivity index (χ4n) is 2.70. The molecule has 0 spiro atoms. The molecule has 1 unspecified atom stereocenters. The Hall–Kier alpha value is -0.120. The molecule has 2 N–H and O–H groups in total. The van der Waals surface area contributed by atoms with Crippen molar-refractivity contribution in [2.24, 2.45) is 11.3 Å². The van der Waals surface area contributed by atoms with E-state index in [-0.39, 0.29) is 6.04 Å². The molecule has 1 aliphatic carbocycles. The van der Waals surface area contributed by atoms with Gasteiger partial charge in [0.25, 0.3) is 0 Å². The van der Waals surface area contributed by atoms with Gasteiger partial charge >= 0.3 is 0 Å². The minimum Gasteiger partial charge on any atom is -0.388 e. The van der Waals surface area contributed by atoms with Crippen LogP contribution in [-0.4, -0.2) is 23.9 Å². The summed E-state index contributed by atoms with van der Waals surface area (Å²) < 4.78 is 0. The van der Waals surface area contributed by atoms with Crippen molar-refractivity contribution < 1.29 is 9.94 Å². The van der Waals surface area contributed by atoms with Crippen molar-refractivity contribution in [3.63, 3.8) is 0 Å². The lowest BCUT2D eigenvalue weighted by molar-refractivity contribution is -0.0871. The number of nitrogens with one attached hydrogen (secondary N) is 1. The lowest BCUT2D eigenvalue weighted by atomic mass is 9.67. The van der Waals surface area contributed by atoms with E-state index in [1.165, 1.54) is 0 Å². The number of rotatable bonds is 3. The molecular weight excluding hydrogens is 202 g/mol. The Kier molecular flexibility index (Phi) is 4.38. The largest absolute Gasteiger partial charge is 0.388 e. The van der Waals surface area contributed by atoms with Gasteiger partial charge in [0.15, 0.2) is 0 Å². The third kappa shape index (κ3) is 3.19. The van der Waals surface area contributed by atoms with Gasteiger partial charge in [0.1, 0.15) is 0 Å². The second-order valence-corrected chi connectivity index (χ2v) is 6.29. The van der Waals surface area contributed by atoms with Crippen LogP contribution in [-0.2, 0) is 4.84 Å². The van der Waals surface area contributed by atoms with Crippen molar-refractivity contribution in [3.8, 4) is 0 Å². The van der Waals surface area contributed by atoms with Gasteiger partial charge in [0, 0.05) is 0 Å². The summed E-state index contributed by atoms with van der Waals surface area (Å²) in [5.41, 5.74) is 2.62. The highest BCUT2D eigenvalue weighted by molar-refractivity contribution is 4.94. The molecule has 1 fully saturated rings. The lowest BCUT2D eigenvalue weighted by Crippen LogP contribution is -2.51. The molecule has 1 rings (SSSR count). The molecule has 1 aliphatic rings. The predicted octanol–water partition coefficient (Wildman–Crippen LogP) is 2.49. The molecule has 3 heteroatoms. The van der Waals surface area contributed by atoms with E-state index in [2.05, 4.69) is 26.3 Å². The van der Waals surface area contributed by atoms with Gasteiger partial charge in [-0.25, -0.2) is 0 Å². The van der Waals surface area contributed by atoms with Crippen LogP contribution in [0.4, 0.5) is 0 Å². The second-order valence-electron chi connectivity index (χ2n) is 6.29. The van der Waals surface area contributed by atoms with Crippen LogP contribution in [0.2, 0.25) is 0 Å². The van der Waals surface area contributed by atoms with Gasteiger partial charge in [-0.05, 0) is 43.9 Å². The van der Waals surface area contributed by atoms with E-state index >= 15 is 0 Å². The van der Waals surface area contributed by atoms with Crippen LogP contribution in [0.1, 0.15) is 53.4 Å². The van der Waals surface area contributed by atoms with Gasteiger partial charge in [-0.2, -0.15) is 5.48 Å². The van der Waals surface area contributed by atoms with Crippen molar-refractivity contribution in [3.05, 3.63) is 0 Å². The molecule has 0 aromatic carbocycles. The smallest absolute Gasteiger partial charge is 0.0820 e. The molecule has 0 saturated heterocycles. The van der Waals surface area contributed by atoms with Crippen LogP contribution in [0.25, 0.3) is 0 Å². The molecule has 0 heterocycles. The number of hydrogen-bond donors (Lipinski definition) is 2. The maximum atomic E-state index is 10.5. The number of hydroxylamine groups is 1. The summed E-state index contributed by atoms with van der Waals surface area (Å²) in [7, 11) is 1.60. The molecule has 0 aromatic rings. The molecule has 16 heavy (non-hydrogen) atoms. The first kappa shape index (κ1) is 13.9. The van der Waals surface area contributed by atoms with Gasteiger partial charge in [-0.1, -0.05) is 20.8 Å². The van der Waals surface area contributed by atoms with E-state index in [9.17, 15) is 5.11 Å². The molecule has 0 amide bonds. The van der Waals surface area contributed by atoms with E-state index in [0.29, 0.717) is 5.41 Å². The molecule has 3 nitrogen and oxygen atoms in total. The Bertz CT molecular complexity index is 214. The summed E-state index contributed by atoms with van der Waals surface area (Å²) in [6.45, 7) is 8.86. The SMILES string of the molecule is CONC(C)C1(O)CCC(C(C)(C)C)CC1. The summed E-state index contributed by atoms with van der Waals surface area (Å²) in [4.78, 5) is 4.91. The zero-order valence-corrected chi connectivity index (χ0v) is 11.3. The molecule has 96 valence electrons. The van der Waals surface area contributed by atoms with Gasteiger partial charge in [-0.3, -0.25) is 0 Å². The molecule has 0 radical (unpaired) electrons. The highest BCUT2D eigenvalue weighted by Crippen LogP contribution is 2.42. The third-order valence-corrected chi connectivity index (χ3v) is 4.18. The standard InChI is InChI=1S/C13H27NO2/c1-10(14-16-5)13(15)8-6-11(7-9-13)12(2,3)4/h10-11,14-15H,6-9H2,1-5H3. The van der Waals surface area contributed by atoms with Gasteiger partial charge in [0.05, 0.1) is 18.8 Å². The van der Waals surface area contributed by atoms with Gasteiger partial charge in [-0.15, -0.1) is 0 Å². The van der Waals surface area contributed by atoms with Crippen molar-refractivity contribution in [2.45, 2.75) is 65.0 Å². The quantitative estimate of drug-likeness (QED) is 0.731. The summed E-state index contributed by atoms with van der Waals surface area (Å²) in [6.07, 6.45) is 3.95. The van der Waals surface area contributed by atoms with Gasteiger partial charge in [0.2, 0.25) is 0 Å². The molecule has 1 saturated carbocycles. The Balaban J connectivity index is 2.53. The fraction of sp³-hybridized carbons (Fsp3) is 1.00. The maximum absolute atomic E-state index is 10.5. The molecule has 1 atom stereocenters. The van der Waals surface area contributed by atoms with Crippen LogP contribution >= 0.6 is 0 Å². The van der Waals surface area contributed by atoms with Crippen molar-refractivity contribution in [2.75, 3.05) is 7.11 Å². The minimum atomic E-state index is -0.599. The highest BCUT2D eigenvalue weighted by atomic mass is 16.6. The monoisotopic (exact) mass is 229 g/mol.